The van der Waals surface area contributed by atoms with Crippen molar-refractivity contribution in [2.24, 2.45) is 11.7 Å². The zero-order valence-corrected chi connectivity index (χ0v) is 10.8. The number of aromatic nitrogens is 3. The predicted molar refractivity (Wildman–Crippen MR) is 71.8 cm³/mol. The van der Waals surface area contributed by atoms with E-state index in [9.17, 15) is 0 Å². The maximum atomic E-state index is 6.40. The summed E-state index contributed by atoms with van der Waals surface area (Å²) >= 11 is 0. The molecule has 2 aromatic rings. The van der Waals surface area contributed by atoms with Crippen molar-refractivity contribution in [1.82, 2.24) is 15.0 Å². The standard InChI is InChI=1S/C14H18N4O/c15-14(11-6-8-19-9-7-11)13-10-16-17-18(13)12-4-2-1-3-5-12/h1-5,10-11,14H,6-9,15H2. The van der Waals surface area contributed by atoms with Gasteiger partial charge in [0.05, 0.1) is 23.6 Å². The van der Waals surface area contributed by atoms with Crippen molar-refractivity contribution < 1.29 is 4.74 Å². The Morgan fingerprint density at radius 1 is 1.21 bits per heavy atom. The van der Waals surface area contributed by atoms with Crippen LogP contribution in [-0.2, 0) is 4.74 Å². The molecule has 1 aromatic heterocycles. The molecule has 0 radical (unpaired) electrons. The van der Waals surface area contributed by atoms with E-state index >= 15 is 0 Å². The Balaban J connectivity index is 1.87. The van der Waals surface area contributed by atoms with E-state index in [-0.39, 0.29) is 6.04 Å². The molecule has 1 aliphatic heterocycles. The second-order valence-corrected chi connectivity index (χ2v) is 4.88. The molecule has 1 saturated heterocycles. The van der Waals surface area contributed by atoms with Crippen molar-refractivity contribution in [2.45, 2.75) is 18.9 Å². The zero-order chi connectivity index (χ0) is 13.1. The third-order valence-corrected chi connectivity index (χ3v) is 3.69. The second kappa shape index (κ2) is 5.50. The van der Waals surface area contributed by atoms with Crippen LogP contribution in [0.2, 0.25) is 0 Å². The Morgan fingerprint density at radius 2 is 1.95 bits per heavy atom. The van der Waals surface area contributed by atoms with Crippen LogP contribution in [0.3, 0.4) is 0 Å². The summed E-state index contributed by atoms with van der Waals surface area (Å²) in [5.74, 6) is 0.440. The minimum atomic E-state index is -0.0425. The highest BCUT2D eigenvalue weighted by molar-refractivity contribution is 5.32. The summed E-state index contributed by atoms with van der Waals surface area (Å²) in [5.41, 5.74) is 8.36. The Hall–Kier alpha value is -1.72. The van der Waals surface area contributed by atoms with Crippen molar-refractivity contribution in [2.75, 3.05) is 13.2 Å². The number of hydrogen-bond acceptors (Lipinski definition) is 4. The SMILES string of the molecule is NC(c1cnnn1-c1ccccc1)C1CCOCC1. The van der Waals surface area contributed by atoms with Gasteiger partial charge in [-0.25, -0.2) is 4.68 Å². The van der Waals surface area contributed by atoms with Gasteiger partial charge in [-0.05, 0) is 30.9 Å². The fourth-order valence-corrected chi connectivity index (χ4v) is 2.56. The highest BCUT2D eigenvalue weighted by atomic mass is 16.5. The summed E-state index contributed by atoms with van der Waals surface area (Å²) in [4.78, 5) is 0. The normalized spacial score (nSPS) is 18.4. The van der Waals surface area contributed by atoms with E-state index in [0.717, 1.165) is 37.4 Å². The molecule has 2 heterocycles. The summed E-state index contributed by atoms with van der Waals surface area (Å²) in [6.45, 7) is 1.59. The summed E-state index contributed by atoms with van der Waals surface area (Å²) in [6.07, 6.45) is 3.77. The second-order valence-electron chi connectivity index (χ2n) is 4.88. The smallest absolute Gasteiger partial charge is 0.0815 e. The number of ether oxygens (including phenoxy) is 1. The Kier molecular flexibility index (Phi) is 3.57. The van der Waals surface area contributed by atoms with E-state index in [1.807, 2.05) is 35.0 Å². The molecular formula is C14H18N4O. The maximum Gasteiger partial charge on any atom is 0.0815 e. The highest BCUT2D eigenvalue weighted by Crippen LogP contribution is 2.28. The van der Waals surface area contributed by atoms with Crippen LogP contribution in [0.4, 0.5) is 0 Å². The topological polar surface area (TPSA) is 66.0 Å². The van der Waals surface area contributed by atoms with Crippen LogP contribution in [0, 0.1) is 5.92 Å². The Morgan fingerprint density at radius 3 is 2.68 bits per heavy atom. The molecule has 5 nitrogen and oxygen atoms in total. The summed E-state index contributed by atoms with van der Waals surface area (Å²) in [5, 5.41) is 8.17. The van der Waals surface area contributed by atoms with Gasteiger partial charge in [-0.1, -0.05) is 23.4 Å². The molecule has 0 bridgehead atoms. The number of nitrogens with two attached hydrogens (primary N) is 1. The molecule has 1 atom stereocenters. The van der Waals surface area contributed by atoms with Crippen LogP contribution < -0.4 is 5.73 Å². The average Bonchev–Trinajstić information content (AvgIpc) is 2.98. The number of hydrogen-bond donors (Lipinski definition) is 1. The van der Waals surface area contributed by atoms with Crippen molar-refractivity contribution in [3.05, 3.63) is 42.2 Å². The van der Waals surface area contributed by atoms with Gasteiger partial charge in [-0.2, -0.15) is 0 Å². The van der Waals surface area contributed by atoms with E-state index in [2.05, 4.69) is 10.3 Å². The maximum absolute atomic E-state index is 6.40. The molecule has 5 heteroatoms. The minimum Gasteiger partial charge on any atom is -0.381 e. The third-order valence-electron chi connectivity index (χ3n) is 3.69. The molecule has 1 fully saturated rings. The predicted octanol–water partition coefficient (Wildman–Crippen LogP) is 1.69. The van der Waals surface area contributed by atoms with Crippen molar-refractivity contribution >= 4 is 0 Å². The van der Waals surface area contributed by atoms with Gasteiger partial charge in [0, 0.05) is 13.2 Å². The Labute approximate surface area is 112 Å². The molecule has 2 N–H and O–H groups in total. The summed E-state index contributed by atoms with van der Waals surface area (Å²) in [7, 11) is 0. The van der Waals surface area contributed by atoms with Crippen LogP contribution in [0.1, 0.15) is 24.6 Å². The first-order valence-electron chi connectivity index (χ1n) is 6.65. The molecule has 0 saturated carbocycles. The average molecular weight is 258 g/mol. The largest absolute Gasteiger partial charge is 0.381 e. The van der Waals surface area contributed by atoms with Gasteiger partial charge in [0.15, 0.2) is 0 Å². The Bertz CT molecular complexity index is 519. The van der Waals surface area contributed by atoms with Gasteiger partial charge in [0.25, 0.3) is 0 Å². The molecule has 1 aliphatic rings. The lowest BCUT2D eigenvalue weighted by Gasteiger charge is -2.27. The van der Waals surface area contributed by atoms with E-state index < -0.39 is 0 Å². The summed E-state index contributed by atoms with van der Waals surface area (Å²) < 4.78 is 7.22. The molecule has 100 valence electrons. The van der Waals surface area contributed by atoms with Crippen LogP contribution in [-0.4, -0.2) is 28.2 Å². The number of nitrogens with zero attached hydrogens (tertiary/aromatic N) is 3. The van der Waals surface area contributed by atoms with Gasteiger partial charge in [0.2, 0.25) is 0 Å². The highest BCUT2D eigenvalue weighted by Gasteiger charge is 2.25. The first kappa shape index (κ1) is 12.3. The molecule has 0 spiro atoms. The van der Waals surface area contributed by atoms with Gasteiger partial charge >= 0.3 is 0 Å². The van der Waals surface area contributed by atoms with E-state index in [0.29, 0.717) is 5.92 Å². The molecule has 0 aliphatic carbocycles. The van der Waals surface area contributed by atoms with Crippen LogP contribution in [0.5, 0.6) is 0 Å². The quantitative estimate of drug-likeness (QED) is 0.910. The lowest BCUT2D eigenvalue weighted by atomic mass is 9.90. The molecular weight excluding hydrogens is 240 g/mol. The lowest BCUT2D eigenvalue weighted by molar-refractivity contribution is 0.0577. The first-order valence-corrected chi connectivity index (χ1v) is 6.65. The summed E-state index contributed by atoms with van der Waals surface area (Å²) in [6, 6.07) is 9.93. The molecule has 1 unspecified atom stereocenters. The van der Waals surface area contributed by atoms with Crippen molar-refractivity contribution in [3.8, 4) is 5.69 Å². The molecule has 19 heavy (non-hydrogen) atoms. The van der Waals surface area contributed by atoms with Crippen LogP contribution in [0.15, 0.2) is 36.5 Å². The fraction of sp³-hybridized carbons (Fsp3) is 0.429. The van der Waals surface area contributed by atoms with Crippen molar-refractivity contribution in [3.63, 3.8) is 0 Å². The minimum absolute atomic E-state index is 0.0425. The lowest BCUT2D eigenvalue weighted by Crippen LogP contribution is -2.29. The first-order chi connectivity index (χ1) is 9.36. The number of rotatable bonds is 3. The zero-order valence-electron chi connectivity index (χ0n) is 10.8. The van der Waals surface area contributed by atoms with Gasteiger partial charge in [-0.15, -0.1) is 5.10 Å². The van der Waals surface area contributed by atoms with Gasteiger partial charge in [-0.3, -0.25) is 0 Å². The van der Waals surface area contributed by atoms with Gasteiger partial charge in [0.1, 0.15) is 0 Å². The molecule has 0 amide bonds. The monoisotopic (exact) mass is 258 g/mol. The fourth-order valence-electron chi connectivity index (χ4n) is 2.56. The van der Waals surface area contributed by atoms with E-state index in [1.54, 1.807) is 6.20 Å². The van der Waals surface area contributed by atoms with E-state index in [1.165, 1.54) is 0 Å². The van der Waals surface area contributed by atoms with Gasteiger partial charge < -0.3 is 10.5 Å². The van der Waals surface area contributed by atoms with Crippen LogP contribution in [0.25, 0.3) is 5.69 Å². The van der Waals surface area contributed by atoms with Crippen LogP contribution >= 0.6 is 0 Å². The van der Waals surface area contributed by atoms with E-state index in [4.69, 9.17) is 10.5 Å². The third kappa shape index (κ3) is 2.52. The van der Waals surface area contributed by atoms with Crippen molar-refractivity contribution in [1.29, 1.82) is 0 Å². The number of benzene rings is 1. The molecule has 3 rings (SSSR count). The number of para-hydroxylation sites is 1. The molecule has 1 aromatic carbocycles.